The third-order valence-electron chi connectivity index (χ3n) is 3.39. The lowest BCUT2D eigenvalue weighted by Gasteiger charge is -2.18. The first-order chi connectivity index (χ1) is 11.8. The average Bonchev–Trinajstić information content (AvgIpc) is 2.60. The number of carbonyl (C=O) groups excluding carboxylic acids is 3. The summed E-state index contributed by atoms with van der Waals surface area (Å²) in [7, 11) is 2.64. The molecule has 9 nitrogen and oxygen atoms in total. The molecule has 1 rings (SSSR count). The van der Waals surface area contributed by atoms with Crippen LogP contribution >= 0.6 is 0 Å². The number of aliphatic hydroxyl groups is 1. The van der Waals surface area contributed by atoms with E-state index in [1.54, 1.807) is 18.2 Å². The van der Waals surface area contributed by atoms with E-state index in [2.05, 4.69) is 20.7 Å². The van der Waals surface area contributed by atoms with Crippen LogP contribution in [0.15, 0.2) is 18.2 Å². The molecule has 0 spiro atoms. The van der Waals surface area contributed by atoms with E-state index in [1.807, 2.05) is 0 Å². The van der Waals surface area contributed by atoms with Crippen LogP contribution in [-0.2, 0) is 20.9 Å². The van der Waals surface area contributed by atoms with E-state index in [4.69, 9.17) is 4.74 Å². The summed E-state index contributed by atoms with van der Waals surface area (Å²) < 4.78 is 9.53. The third kappa shape index (κ3) is 5.96. The lowest BCUT2D eigenvalue weighted by molar-refractivity contribution is -0.127. The summed E-state index contributed by atoms with van der Waals surface area (Å²) in [6.07, 6.45) is -0.740. The van der Waals surface area contributed by atoms with E-state index in [0.29, 0.717) is 17.0 Å². The molecule has 0 bridgehead atoms. The molecule has 25 heavy (non-hydrogen) atoms. The third-order valence-corrected chi connectivity index (χ3v) is 3.39. The fourth-order valence-corrected chi connectivity index (χ4v) is 1.91. The number of rotatable bonds is 7. The monoisotopic (exact) mass is 353 g/mol. The van der Waals surface area contributed by atoms with Crippen molar-refractivity contribution in [3.63, 3.8) is 0 Å². The van der Waals surface area contributed by atoms with Crippen LogP contribution < -0.4 is 20.7 Å². The zero-order chi connectivity index (χ0) is 19.0. The summed E-state index contributed by atoms with van der Waals surface area (Å²) in [6, 6.07) is 3.12. The number of hydrogen-bond donors (Lipinski definition) is 4. The number of anilines is 1. The van der Waals surface area contributed by atoms with E-state index in [9.17, 15) is 19.5 Å². The van der Waals surface area contributed by atoms with Gasteiger partial charge in [-0.25, -0.2) is 4.79 Å². The SMILES string of the molecule is COC(=O)N[C@@H](C)C(=O)N[C@@H](C)C(=O)Nc1ccc(CO)c(OC)c1. The first-order valence-corrected chi connectivity index (χ1v) is 7.55. The van der Waals surface area contributed by atoms with Gasteiger partial charge in [0.1, 0.15) is 17.8 Å². The maximum absolute atomic E-state index is 12.2. The summed E-state index contributed by atoms with van der Waals surface area (Å²) in [5, 5.41) is 16.6. The van der Waals surface area contributed by atoms with Crippen molar-refractivity contribution in [3.8, 4) is 5.75 Å². The van der Waals surface area contributed by atoms with E-state index in [1.165, 1.54) is 28.1 Å². The van der Waals surface area contributed by atoms with Crippen LogP contribution in [0.1, 0.15) is 19.4 Å². The van der Waals surface area contributed by atoms with Crippen molar-refractivity contribution in [2.75, 3.05) is 19.5 Å². The molecule has 0 aliphatic carbocycles. The van der Waals surface area contributed by atoms with E-state index in [-0.39, 0.29) is 6.61 Å². The Hall–Kier alpha value is -2.81. The molecule has 0 fully saturated rings. The van der Waals surface area contributed by atoms with Gasteiger partial charge in [-0.2, -0.15) is 0 Å². The normalized spacial score (nSPS) is 12.5. The van der Waals surface area contributed by atoms with Crippen LogP contribution in [0.3, 0.4) is 0 Å². The average molecular weight is 353 g/mol. The fraction of sp³-hybridized carbons (Fsp3) is 0.438. The highest BCUT2D eigenvalue weighted by Crippen LogP contribution is 2.23. The molecule has 0 heterocycles. The van der Waals surface area contributed by atoms with Crippen molar-refractivity contribution >= 4 is 23.6 Å². The highest BCUT2D eigenvalue weighted by molar-refractivity contribution is 5.98. The van der Waals surface area contributed by atoms with Crippen molar-refractivity contribution in [2.24, 2.45) is 0 Å². The number of methoxy groups -OCH3 is 2. The highest BCUT2D eigenvalue weighted by Gasteiger charge is 2.21. The number of alkyl carbamates (subject to hydrolysis) is 1. The molecule has 9 heteroatoms. The quantitative estimate of drug-likeness (QED) is 0.561. The van der Waals surface area contributed by atoms with E-state index < -0.39 is 30.0 Å². The smallest absolute Gasteiger partial charge is 0.407 e. The van der Waals surface area contributed by atoms with Crippen LogP contribution in [0.2, 0.25) is 0 Å². The molecule has 2 atom stereocenters. The van der Waals surface area contributed by atoms with Gasteiger partial charge in [0.2, 0.25) is 11.8 Å². The Morgan fingerprint density at radius 3 is 2.28 bits per heavy atom. The standard InChI is InChI=1S/C16H23N3O6/c1-9(17-14(21)10(2)18-16(23)25-4)15(22)19-12-6-5-11(8-20)13(7-12)24-3/h5-7,9-10,20H,8H2,1-4H3,(H,17,21)(H,18,23)(H,19,22)/t9-,10-/m0/s1. The van der Waals surface area contributed by atoms with Crippen molar-refractivity contribution in [3.05, 3.63) is 23.8 Å². The number of carbonyl (C=O) groups is 3. The Morgan fingerprint density at radius 2 is 1.72 bits per heavy atom. The van der Waals surface area contributed by atoms with Gasteiger partial charge in [0, 0.05) is 17.3 Å². The number of amides is 3. The van der Waals surface area contributed by atoms with Crippen molar-refractivity contribution in [1.82, 2.24) is 10.6 Å². The summed E-state index contributed by atoms with van der Waals surface area (Å²) in [5.41, 5.74) is 1.05. The first-order valence-electron chi connectivity index (χ1n) is 7.55. The van der Waals surface area contributed by atoms with Crippen LogP contribution in [0.5, 0.6) is 5.75 Å². The maximum Gasteiger partial charge on any atom is 0.407 e. The minimum absolute atomic E-state index is 0.186. The van der Waals surface area contributed by atoms with Gasteiger partial charge < -0.3 is 30.5 Å². The molecule has 0 unspecified atom stereocenters. The van der Waals surface area contributed by atoms with Gasteiger partial charge in [-0.05, 0) is 19.9 Å². The van der Waals surface area contributed by atoms with Gasteiger partial charge in [0.25, 0.3) is 0 Å². The largest absolute Gasteiger partial charge is 0.496 e. The number of ether oxygens (including phenoxy) is 2. The summed E-state index contributed by atoms with van der Waals surface area (Å²) in [5.74, 6) is -0.536. The minimum atomic E-state index is -0.855. The molecule has 0 aliphatic heterocycles. The van der Waals surface area contributed by atoms with E-state index in [0.717, 1.165) is 0 Å². The molecule has 1 aromatic carbocycles. The Morgan fingerprint density at radius 1 is 1.08 bits per heavy atom. The Balaban J connectivity index is 2.65. The molecule has 0 radical (unpaired) electrons. The number of nitrogens with one attached hydrogen (secondary N) is 3. The minimum Gasteiger partial charge on any atom is -0.496 e. The summed E-state index contributed by atoms with van der Waals surface area (Å²) in [4.78, 5) is 35.2. The van der Waals surface area contributed by atoms with Crippen molar-refractivity contribution in [2.45, 2.75) is 32.5 Å². The summed E-state index contributed by atoms with van der Waals surface area (Å²) >= 11 is 0. The second-order valence-corrected chi connectivity index (χ2v) is 5.26. The molecule has 0 saturated carbocycles. The van der Waals surface area contributed by atoms with Crippen molar-refractivity contribution < 1.29 is 29.0 Å². The molecule has 138 valence electrons. The van der Waals surface area contributed by atoms with Crippen molar-refractivity contribution in [1.29, 1.82) is 0 Å². The van der Waals surface area contributed by atoms with Crippen LogP contribution in [0.4, 0.5) is 10.5 Å². The molecule has 0 aliphatic rings. The lowest BCUT2D eigenvalue weighted by Crippen LogP contribution is -2.50. The highest BCUT2D eigenvalue weighted by atomic mass is 16.5. The van der Waals surface area contributed by atoms with Gasteiger partial charge in [0.05, 0.1) is 20.8 Å². The van der Waals surface area contributed by atoms with Crippen LogP contribution in [-0.4, -0.2) is 49.3 Å². The topological polar surface area (TPSA) is 126 Å². The van der Waals surface area contributed by atoms with Gasteiger partial charge in [-0.3, -0.25) is 9.59 Å². The maximum atomic E-state index is 12.2. The van der Waals surface area contributed by atoms with Gasteiger partial charge in [-0.1, -0.05) is 6.07 Å². The fourth-order valence-electron chi connectivity index (χ4n) is 1.91. The number of aliphatic hydroxyl groups excluding tert-OH is 1. The predicted molar refractivity (Wildman–Crippen MR) is 90.2 cm³/mol. The molecular weight excluding hydrogens is 330 g/mol. The molecule has 4 N–H and O–H groups in total. The Bertz CT molecular complexity index is 634. The molecule has 0 saturated heterocycles. The predicted octanol–water partition coefficient (Wildman–Crippen LogP) is 0.375. The Kier molecular flexibility index (Phi) is 7.67. The summed E-state index contributed by atoms with van der Waals surface area (Å²) in [6.45, 7) is 2.79. The van der Waals surface area contributed by atoms with Crippen LogP contribution in [0, 0.1) is 0 Å². The second-order valence-electron chi connectivity index (χ2n) is 5.26. The number of benzene rings is 1. The lowest BCUT2D eigenvalue weighted by atomic mass is 10.2. The zero-order valence-corrected chi connectivity index (χ0v) is 14.6. The molecule has 1 aromatic rings. The van der Waals surface area contributed by atoms with Gasteiger partial charge in [-0.15, -0.1) is 0 Å². The van der Waals surface area contributed by atoms with Gasteiger partial charge >= 0.3 is 6.09 Å². The molecule has 0 aromatic heterocycles. The Labute approximate surface area is 145 Å². The van der Waals surface area contributed by atoms with E-state index >= 15 is 0 Å². The molecule has 3 amide bonds. The van der Waals surface area contributed by atoms with Gasteiger partial charge in [0.15, 0.2) is 0 Å². The molecular formula is C16H23N3O6. The zero-order valence-electron chi connectivity index (χ0n) is 14.6. The second kappa shape index (κ2) is 9.48. The van der Waals surface area contributed by atoms with Crippen LogP contribution in [0.25, 0.3) is 0 Å². The first kappa shape index (κ1) is 20.2. The number of hydrogen-bond acceptors (Lipinski definition) is 6.